The highest BCUT2D eigenvalue weighted by atomic mass is 79.9. The minimum absolute atomic E-state index is 0. The number of likely N-dealkylation sites (N-methyl/N-ethyl adjacent to an activating group) is 1. The predicted molar refractivity (Wildman–Crippen MR) is 80.1 cm³/mol. The number of rotatable bonds is 5. The van der Waals surface area contributed by atoms with Crippen LogP contribution in [0.5, 0.6) is 0 Å². The minimum Gasteiger partial charge on any atom is -0.316 e. The summed E-state index contributed by atoms with van der Waals surface area (Å²) in [5, 5.41) is 3.14. The van der Waals surface area contributed by atoms with Gasteiger partial charge in [0.15, 0.2) is 0 Å². The maximum atomic E-state index is 12.0. The molecule has 1 atom stereocenters. The van der Waals surface area contributed by atoms with E-state index in [-0.39, 0.29) is 28.4 Å². The van der Waals surface area contributed by atoms with Gasteiger partial charge in [0.1, 0.15) is 4.90 Å². The van der Waals surface area contributed by atoms with Crippen LogP contribution in [0.3, 0.4) is 0 Å². The number of sulfonamides is 1. The average molecular weight is 378 g/mol. The van der Waals surface area contributed by atoms with Gasteiger partial charge in [-0.15, -0.1) is 12.4 Å². The van der Waals surface area contributed by atoms with Crippen molar-refractivity contribution >= 4 is 50.0 Å². The van der Waals surface area contributed by atoms with Gasteiger partial charge in [0.25, 0.3) is 0 Å². The molecule has 2 N–H and O–H groups in total. The lowest BCUT2D eigenvalue weighted by atomic mass is 10.4. The first-order valence-electron chi connectivity index (χ1n) is 4.99. The van der Waals surface area contributed by atoms with Crippen molar-refractivity contribution in [3.05, 3.63) is 27.7 Å². The molecule has 0 radical (unpaired) electrons. The topological polar surface area (TPSA) is 58.2 Å². The van der Waals surface area contributed by atoms with Gasteiger partial charge in [0.2, 0.25) is 10.0 Å². The van der Waals surface area contributed by atoms with Crippen LogP contribution in [0.1, 0.15) is 6.92 Å². The Labute approximate surface area is 127 Å². The molecule has 0 aliphatic carbocycles. The zero-order valence-corrected chi connectivity index (χ0v) is 13.9. The van der Waals surface area contributed by atoms with E-state index >= 15 is 0 Å². The monoisotopic (exact) mass is 376 g/mol. The average Bonchev–Trinajstić information content (AvgIpc) is 2.25. The molecule has 8 heteroatoms. The Morgan fingerprint density at radius 1 is 1.44 bits per heavy atom. The normalized spacial score (nSPS) is 12.9. The van der Waals surface area contributed by atoms with Gasteiger partial charge in [-0.2, -0.15) is 0 Å². The van der Waals surface area contributed by atoms with Crippen LogP contribution in [-0.2, 0) is 10.0 Å². The molecule has 0 bridgehead atoms. The molecule has 0 aromatic heterocycles. The minimum atomic E-state index is -3.60. The third-order valence-corrected chi connectivity index (χ3v) is 5.13. The SMILES string of the molecule is CNC(C)CNS(=O)(=O)c1c(Cl)cccc1Br.Cl. The van der Waals surface area contributed by atoms with E-state index in [0.717, 1.165) is 0 Å². The maximum absolute atomic E-state index is 12.0. The molecule has 0 spiro atoms. The van der Waals surface area contributed by atoms with Crippen molar-refractivity contribution < 1.29 is 8.42 Å². The van der Waals surface area contributed by atoms with E-state index in [9.17, 15) is 8.42 Å². The van der Waals surface area contributed by atoms with Crippen molar-refractivity contribution in [2.24, 2.45) is 0 Å². The van der Waals surface area contributed by atoms with Crippen LogP contribution < -0.4 is 10.0 Å². The second-order valence-corrected chi connectivity index (χ2v) is 6.56. The zero-order chi connectivity index (χ0) is 13.1. The lowest BCUT2D eigenvalue weighted by Gasteiger charge is -2.13. The Bertz CT molecular complexity index is 476. The Morgan fingerprint density at radius 2 is 2.06 bits per heavy atom. The molecule has 0 fully saturated rings. The van der Waals surface area contributed by atoms with E-state index in [4.69, 9.17) is 11.6 Å². The standard InChI is InChI=1S/C10H14BrClN2O2S.ClH/c1-7(13-2)6-14-17(15,16)10-8(11)4-3-5-9(10)12;/h3-5,7,13-14H,6H2,1-2H3;1H. The van der Waals surface area contributed by atoms with E-state index < -0.39 is 10.0 Å². The quantitative estimate of drug-likeness (QED) is 0.828. The second kappa shape index (κ2) is 7.67. The summed E-state index contributed by atoms with van der Waals surface area (Å²) >= 11 is 9.09. The number of hydrogen-bond donors (Lipinski definition) is 2. The van der Waals surface area contributed by atoms with Crippen molar-refractivity contribution in [3.8, 4) is 0 Å². The fourth-order valence-electron chi connectivity index (χ4n) is 1.15. The first-order valence-corrected chi connectivity index (χ1v) is 7.65. The molecule has 18 heavy (non-hydrogen) atoms. The molecule has 4 nitrogen and oxygen atoms in total. The van der Waals surface area contributed by atoms with Gasteiger partial charge in [0.05, 0.1) is 5.02 Å². The first kappa shape index (κ1) is 18.1. The Hall–Kier alpha value is 0.150. The summed E-state index contributed by atoms with van der Waals surface area (Å²) in [5.41, 5.74) is 0. The number of benzene rings is 1. The summed E-state index contributed by atoms with van der Waals surface area (Å²) in [5.74, 6) is 0. The van der Waals surface area contributed by atoms with Crippen molar-refractivity contribution in [2.45, 2.75) is 17.9 Å². The molecule has 1 rings (SSSR count). The third-order valence-electron chi connectivity index (χ3n) is 2.26. The highest BCUT2D eigenvalue weighted by molar-refractivity contribution is 9.10. The molecule has 1 aromatic carbocycles. The molecule has 0 aliphatic heterocycles. The van der Waals surface area contributed by atoms with Crippen molar-refractivity contribution in [1.82, 2.24) is 10.0 Å². The second-order valence-electron chi connectivity index (χ2n) is 3.59. The van der Waals surface area contributed by atoms with Gasteiger partial charge in [-0.1, -0.05) is 17.7 Å². The summed E-state index contributed by atoms with van der Waals surface area (Å²) in [6.45, 7) is 2.18. The highest BCUT2D eigenvalue weighted by Crippen LogP contribution is 2.28. The van der Waals surface area contributed by atoms with Crippen molar-refractivity contribution in [1.29, 1.82) is 0 Å². The van der Waals surface area contributed by atoms with Gasteiger partial charge >= 0.3 is 0 Å². The van der Waals surface area contributed by atoms with Crippen LogP contribution in [-0.4, -0.2) is 28.1 Å². The predicted octanol–water partition coefficient (Wildman–Crippen LogP) is 2.41. The Kier molecular flexibility index (Phi) is 7.73. The van der Waals surface area contributed by atoms with Crippen LogP contribution in [0, 0.1) is 0 Å². The fraction of sp³-hybridized carbons (Fsp3) is 0.400. The van der Waals surface area contributed by atoms with Crippen molar-refractivity contribution in [2.75, 3.05) is 13.6 Å². The van der Waals surface area contributed by atoms with Crippen LogP contribution in [0.4, 0.5) is 0 Å². The first-order chi connectivity index (χ1) is 7.88. The maximum Gasteiger partial charge on any atom is 0.243 e. The number of halogens is 3. The van der Waals surface area contributed by atoms with E-state index in [0.29, 0.717) is 11.0 Å². The van der Waals surface area contributed by atoms with Gasteiger partial charge in [-0.25, -0.2) is 13.1 Å². The van der Waals surface area contributed by atoms with Gasteiger partial charge in [-0.05, 0) is 42.0 Å². The fourth-order valence-corrected chi connectivity index (χ4v) is 4.01. The largest absolute Gasteiger partial charge is 0.316 e. The molecule has 0 saturated heterocycles. The summed E-state index contributed by atoms with van der Waals surface area (Å²) in [7, 11) is -1.83. The van der Waals surface area contributed by atoms with E-state index in [1.807, 2.05) is 6.92 Å². The van der Waals surface area contributed by atoms with Gasteiger partial charge in [0, 0.05) is 17.1 Å². The molecule has 1 unspecified atom stereocenters. The lowest BCUT2D eigenvalue weighted by molar-refractivity contribution is 0.554. The smallest absolute Gasteiger partial charge is 0.243 e. The van der Waals surface area contributed by atoms with Crippen LogP contribution in [0.15, 0.2) is 27.6 Å². The summed E-state index contributed by atoms with van der Waals surface area (Å²) in [6.07, 6.45) is 0. The molecular formula is C10H15BrCl2N2O2S. The Morgan fingerprint density at radius 3 is 2.56 bits per heavy atom. The molecular weight excluding hydrogens is 363 g/mol. The lowest BCUT2D eigenvalue weighted by Crippen LogP contribution is -2.37. The molecule has 0 saturated carbocycles. The number of nitrogens with one attached hydrogen (secondary N) is 2. The zero-order valence-electron chi connectivity index (χ0n) is 9.91. The van der Waals surface area contributed by atoms with E-state index in [1.54, 1.807) is 25.2 Å². The number of hydrogen-bond acceptors (Lipinski definition) is 3. The van der Waals surface area contributed by atoms with Gasteiger partial charge in [-0.3, -0.25) is 0 Å². The van der Waals surface area contributed by atoms with Crippen LogP contribution >= 0.6 is 39.9 Å². The van der Waals surface area contributed by atoms with Crippen LogP contribution in [0.25, 0.3) is 0 Å². The summed E-state index contributed by atoms with van der Waals surface area (Å²) < 4.78 is 27.0. The third kappa shape index (κ3) is 4.68. The highest BCUT2D eigenvalue weighted by Gasteiger charge is 2.21. The molecule has 104 valence electrons. The molecule has 1 aromatic rings. The molecule has 0 heterocycles. The van der Waals surface area contributed by atoms with Gasteiger partial charge < -0.3 is 5.32 Å². The molecule has 0 aliphatic rings. The van der Waals surface area contributed by atoms with E-state index in [1.165, 1.54) is 0 Å². The summed E-state index contributed by atoms with van der Waals surface area (Å²) in [6, 6.07) is 4.91. The molecule has 0 amide bonds. The Balaban J connectivity index is 0.00000289. The van der Waals surface area contributed by atoms with Crippen LogP contribution in [0.2, 0.25) is 5.02 Å². The van der Waals surface area contributed by atoms with E-state index in [2.05, 4.69) is 26.0 Å². The van der Waals surface area contributed by atoms with Crippen molar-refractivity contribution in [3.63, 3.8) is 0 Å². The summed E-state index contributed by atoms with van der Waals surface area (Å²) in [4.78, 5) is 0.0740.